The number of pyridine rings is 2. The molecule has 0 unspecified atom stereocenters. The highest BCUT2D eigenvalue weighted by molar-refractivity contribution is 5.83. The number of rotatable bonds is 2. The zero-order chi connectivity index (χ0) is 19.5. The van der Waals surface area contributed by atoms with Crippen molar-refractivity contribution in [1.82, 2.24) is 24.4 Å². The summed E-state index contributed by atoms with van der Waals surface area (Å²) in [5.74, 6) is -0.366. The van der Waals surface area contributed by atoms with Gasteiger partial charge in [-0.05, 0) is 56.2 Å². The molecule has 1 aliphatic heterocycles. The van der Waals surface area contributed by atoms with E-state index < -0.39 is 0 Å². The van der Waals surface area contributed by atoms with Gasteiger partial charge in [-0.1, -0.05) is 0 Å². The zero-order valence-electron chi connectivity index (χ0n) is 16.0. The van der Waals surface area contributed by atoms with Crippen molar-refractivity contribution in [3.05, 3.63) is 59.9 Å². The van der Waals surface area contributed by atoms with Gasteiger partial charge in [0.25, 0.3) is 0 Å². The average Bonchev–Trinajstić information content (AvgIpc) is 3.21. The Hall–Kier alpha value is -3.06. The summed E-state index contributed by atoms with van der Waals surface area (Å²) in [7, 11) is 0. The molecule has 5 rings (SSSR count). The number of nitrogens with zero attached hydrogens (tertiary/aromatic N) is 5. The Kier molecular flexibility index (Phi) is 3.64. The maximum Gasteiger partial charge on any atom is 0.141 e. The van der Waals surface area contributed by atoms with Crippen molar-refractivity contribution in [3.8, 4) is 22.5 Å². The minimum atomic E-state index is -0.366. The van der Waals surface area contributed by atoms with Gasteiger partial charge in [0.2, 0.25) is 0 Å². The molecule has 0 aromatic carbocycles. The van der Waals surface area contributed by atoms with E-state index in [1.54, 1.807) is 6.07 Å². The maximum absolute atomic E-state index is 13.4. The van der Waals surface area contributed by atoms with E-state index in [1.807, 2.05) is 34.6 Å². The molecule has 0 fully saturated rings. The van der Waals surface area contributed by atoms with Crippen molar-refractivity contribution in [3.63, 3.8) is 0 Å². The van der Waals surface area contributed by atoms with Gasteiger partial charge in [0.1, 0.15) is 11.5 Å². The molecular weight excluding hydrogens is 357 g/mol. The SMILES string of the molecule is Cc1cnn2ccc(-c3c(-c4ccc(F)cn4)nn4c3COC(C)(C)C4)cc12. The number of hydrogen-bond acceptors (Lipinski definition) is 4. The molecule has 0 saturated heterocycles. The number of fused-ring (bicyclic) bond motifs is 2. The number of ether oxygens (including phenoxy) is 1. The quantitative estimate of drug-likeness (QED) is 0.530. The van der Waals surface area contributed by atoms with Crippen molar-refractivity contribution >= 4 is 5.52 Å². The summed E-state index contributed by atoms with van der Waals surface area (Å²) < 4.78 is 23.3. The first kappa shape index (κ1) is 17.1. The molecule has 0 N–H and O–H groups in total. The standard InChI is InChI=1S/C21H20FN5O/c1-13-9-24-26-7-6-14(8-17(13)26)19-18-11-28-21(2,3)12-27(18)25-20(19)16-5-4-15(22)10-23-16/h4-10H,11-12H2,1-3H3. The number of aryl methyl sites for hydroxylation is 1. The van der Waals surface area contributed by atoms with Gasteiger partial charge in [-0.3, -0.25) is 9.67 Å². The van der Waals surface area contributed by atoms with Crippen LogP contribution < -0.4 is 0 Å². The summed E-state index contributed by atoms with van der Waals surface area (Å²) in [6.45, 7) is 7.24. The van der Waals surface area contributed by atoms with E-state index >= 15 is 0 Å². The predicted octanol–water partition coefficient (Wildman–Crippen LogP) is 4.02. The molecule has 4 aromatic rings. The third-order valence-electron chi connectivity index (χ3n) is 5.16. The van der Waals surface area contributed by atoms with Crippen molar-refractivity contribution < 1.29 is 9.13 Å². The molecule has 1 aliphatic rings. The molecule has 6 nitrogen and oxygen atoms in total. The van der Waals surface area contributed by atoms with Gasteiger partial charge in [0.05, 0.1) is 48.1 Å². The Labute approximate surface area is 161 Å². The van der Waals surface area contributed by atoms with Gasteiger partial charge in [-0.2, -0.15) is 10.2 Å². The fourth-order valence-corrected chi connectivity index (χ4v) is 3.70. The normalized spacial score (nSPS) is 15.7. The third kappa shape index (κ3) is 2.70. The van der Waals surface area contributed by atoms with Crippen LogP contribution in [0.4, 0.5) is 4.39 Å². The molecule has 4 aromatic heterocycles. The lowest BCUT2D eigenvalue weighted by molar-refractivity contribution is -0.0657. The molecule has 0 spiro atoms. The second-order valence-corrected chi connectivity index (χ2v) is 7.81. The lowest BCUT2D eigenvalue weighted by atomic mass is 10.00. The van der Waals surface area contributed by atoms with Crippen LogP contribution in [-0.2, 0) is 17.9 Å². The van der Waals surface area contributed by atoms with Crippen molar-refractivity contribution in [2.75, 3.05) is 0 Å². The van der Waals surface area contributed by atoms with Crippen LogP contribution in [-0.4, -0.2) is 30.0 Å². The Morgan fingerprint density at radius 3 is 2.82 bits per heavy atom. The first-order valence-electron chi connectivity index (χ1n) is 9.21. The number of halogens is 1. The molecule has 7 heteroatoms. The van der Waals surface area contributed by atoms with Crippen molar-refractivity contribution in [1.29, 1.82) is 0 Å². The Morgan fingerprint density at radius 1 is 1.18 bits per heavy atom. The van der Waals surface area contributed by atoms with Crippen LogP contribution in [0.15, 0.2) is 42.9 Å². The van der Waals surface area contributed by atoms with Crippen LogP contribution in [0.1, 0.15) is 25.1 Å². The number of aromatic nitrogens is 5. The van der Waals surface area contributed by atoms with E-state index in [1.165, 1.54) is 12.3 Å². The summed E-state index contributed by atoms with van der Waals surface area (Å²) in [5.41, 5.74) is 6.20. The van der Waals surface area contributed by atoms with Crippen LogP contribution in [0.5, 0.6) is 0 Å². The minimum absolute atomic E-state index is 0.296. The van der Waals surface area contributed by atoms with E-state index in [0.29, 0.717) is 18.8 Å². The van der Waals surface area contributed by atoms with Crippen LogP contribution in [0.25, 0.3) is 28.0 Å². The Bertz CT molecular complexity index is 1190. The van der Waals surface area contributed by atoms with Gasteiger partial charge >= 0.3 is 0 Å². The lowest BCUT2D eigenvalue weighted by Gasteiger charge is -2.31. The van der Waals surface area contributed by atoms with Crippen LogP contribution in [0.2, 0.25) is 0 Å². The molecule has 0 bridgehead atoms. The van der Waals surface area contributed by atoms with E-state index in [0.717, 1.165) is 33.6 Å². The third-order valence-corrected chi connectivity index (χ3v) is 5.16. The molecule has 0 aliphatic carbocycles. The van der Waals surface area contributed by atoms with Gasteiger partial charge in [-0.25, -0.2) is 8.91 Å². The molecular formula is C21H20FN5O. The zero-order valence-corrected chi connectivity index (χ0v) is 16.0. The van der Waals surface area contributed by atoms with Crippen LogP contribution in [0, 0.1) is 12.7 Å². The lowest BCUT2D eigenvalue weighted by Crippen LogP contribution is -2.36. The predicted molar refractivity (Wildman–Crippen MR) is 103 cm³/mol. The molecule has 28 heavy (non-hydrogen) atoms. The summed E-state index contributed by atoms with van der Waals surface area (Å²) in [6, 6.07) is 7.20. The average molecular weight is 377 g/mol. The number of hydrogen-bond donors (Lipinski definition) is 0. The fourth-order valence-electron chi connectivity index (χ4n) is 3.70. The van der Waals surface area contributed by atoms with Crippen LogP contribution in [0.3, 0.4) is 0 Å². The van der Waals surface area contributed by atoms with Gasteiger partial charge < -0.3 is 4.74 Å². The summed E-state index contributed by atoms with van der Waals surface area (Å²) in [4.78, 5) is 4.28. The van der Waals surface area contributed by atoms with Crippen LogP contribution >= 0.6 is 0 Å². The summed E-state index contributed by atoms with van der Waals surface area (Å²) in [5, 5.41) is 9.20. The van der Waals surface area contributed by atoms with E-state index in [-0.39, 0.29) is 11.4 Å². The maximum atomic E-state index is 13.4. The van der Waals surface area contributed by atoms with E-state index in [4.69, 9.17) is 9.84 Å². The monoisotopic (exact) mass is 377 g/mol. The highest BCUT2D eigenvalue weighted by Gasteiger charge is 2.31. The summed E-state index contributed by atoms with van der Waals surface area (Å²) in [6.07, 6.45) is 5.01. The first-order chi connectivity index (χ1) is 13.4. The molecule has 0 atom stereocenters. The second-order valence-electron chi connectivity index (χ2n) is 7.81. The van der Waals surface area contributed by atoms with E-state index in [2.05, 4.69) is 30.0 Å². The summed E-state index contributed by atoms with van der Waals surface area (Å²) >= 11 is 0. The molecule has 0 amide bonds. The van der Waals surface area contributed by atoms with Gasteiger partial charge in [-0.15, -0.1) is 0 Å². The highest BCUT2D eigenvalue weighted by Crippen LogP contribution is 2.38. The molecule has 5 heterocycles. The topological polar surface area (TPSA) is 57.2 Å². The van der Waals surface area contributed by atoms with Gasteiger partial charge in [0, 0.05) is 11.8 Å². The second kappa shape index (κ2) is 5.97. The van der Waals surface area contributed by atoms with Crippen molar-refractivity contribution in [2.24, 2.45) is 0 Å². The smallest absolute Gasteiger partial charge is 0.141 e. The van der Waals surface area contributed by atoms with Crippen molar-refractivity contribution in [2.45, 2.75) is 39.5 Å². The Balaban J connectivity index is 1.75. The first-order valence-corrected chi connectivity index (χ1v) is 9.21. The Morgan fingerprint density at radius 2 is 2.04 bits per heavy atom. The molecule has 0 saturated carbocycles. The fraction of sp³-hybridized carbons (Fsp3) is 0.286. The highest BCUT2D eigenvalue weighted by atomic mass is 19.1. The largest absolute Gasteiger partial charge is 0.367 e. The minimum Gasteiger partial charge on any atom is -0.367 e. The van der Waals surface area contributed by atoms with E-state index in [9.17, 15) is 4.39 Å². The molecule has 142 valence electrons. The van der Waals surface area contributed by atoms with Gasteiger partial charge in [0.15, 0.2) is 0 Å². The molecule has 0 radical (unpaired) electrons.